The lowest BCUT2D eigenvalue weighted by Gasteiger charge is -2.40. The molecule has 12 rings (SSSR count). The van der Waals surface area contributed by atoms with Crippen molar-refractivity contribution in [1.29, 1.82) is 0 Å². The van der Waals surface area contributed by atoms with Crippen LogP contribution in [0.2, 0.25) is 0 Å². The lowest BCUT2D eigenvalue weighted by atomic mass is 9.82. The second-order valence-corrected chi connectivity index (χ2v) is 22.1. The number of likely N-dealkylation sites (tertiary alicyclic amines) is 2. The number of carbonyl (C=O) groups is 3. The number of hydrogen-bond donors (Lipinski definition) is 3. The van der Waals surface area contributed by atoms with E-state index < -0.39 is 29.4 Å². The fourth-order valence-electron chi connectivity index (χ4n) is 13.4. The molecule has 2 bridgehead atoms. The van der Waals surface area contributed by atoms with Gasteiger partial charge in [-0.1, -0.05) is 12.0 Å². The Labute approximate surface area is 434 Å². The fraction of sp³-hybridized carbons (Fsp3) is 0.509. The summed E-state index contributed by atoms with van der Waals surface area (Å²) in [6.45, 7) is 9.45. The molecular weight excluding hydrogens is 962 g/mol. The van der Waals surface area contributed by atoms with E-state index in [0.717, 1.165) is 95.6 Å². The van der Waals surface area contributed by atoms with Crippen molar-refractivity contribution >= 4 is 50.9 Å². The summed E-state index contributed by atoms with van der Waals surface area (Å²) in [6, 6.07) is 8.29. The van der Waals surface area contributed by atoms with Gasteiger partial charge in [0.05, 0.1) is 10.9 Å². The standard InChI is InChI=1S/C57H63F3N10O5/c1-2-41-46(59)6-3-36-24-40(71)27-43(50(36)41)52-51(60)53-44(28-61-52)54(69-30-38-4-5-39(31-69)62-38)65-57(64-53)75-22-21-66-15-9-33(10-16-66)23-34-11-17-67(18-12-34)29-35-13-19-68(20-14-35)48-26-37(58)25-42-45(48)32-70(56(42)74)47-7-8-49(72)63-55(47)73/h1,3,6,24-28,33-35,38-39,47,62,71H,4-5,7-23,29-32H2,(H,63,72,73). The number of hydrogen-bond acceptors (Lipinski definition) is 13. The Hall–Kier alpha value is -6.55. The molecule has 15 nitrogen and oxygen atoms in total. The molecule has 392 valence electrons. The number of phenols is 1. The predicted octanol–water partition coefficient (Wildman–Crippen LogP) is 6.76. The van der Waals surface area contributed by atoms with Gasteiger partial charge in [0.1, 0.15) is 47.1 Å². The van der Waals surface area contributed by atoms with E-state index in [0.29, 0.717) is 78.2 Å². The number of nitrogens with zero attached hydrogens (tertiary/aromatic N) is 8. The summed E-state index contributed by atoms with van der Waals surface area (Å²) in [6.07, 6.45) is 17.8. The normalized spacial score (nSPS) is 23.4. The first kappa shape index (κ1) is 49.3. The summed E-state index contributed by atoms with van der Waals surface area (Å²) in [5.74, 6) is 1.79. The Kier molecular flexibility index (Phi) is 13.5. The Morgan fingerprint density at radius 3 is 2.24 bits per heavy atom. The molecule has 0 radical (unpaired) electrons. The third kappa shape index (κ3) is 9.83. The molecule has 3 unspecified atom stereocenters. The largest absolute Gasteiger partial charge is 0.508 e. The van der Waals surface area contributed by atoms with Crippen molar-refractivity contribution in [2.75, 3.05) is 81.9 Å². The molecule has 7 aliphatic heterocycles. The number of halogens is 3. The van der Waals surface area contributed by atoms with E-state index in [1.54, 1.807) is 6.20 Å². The van der Waals surface area contributed by atoms with Gasteiger partial charge in [-0.2, -0.15) is 9.97 Å². The van der Waals surface area contributed by atoms with E-state index >= 15 is 8.78 Å². The van der Waals surface area contributed by atoms with E-state index in [1.807, 2.05) is 0 Å². The molecule has 2 aromatic heterocycles. The average Bonchev–Trinajstić information content (AvgIpc) is 3.94. The summed E-state index contributed by atoms with van der Waals surface area (Å²) < 4.78 is 53.3. The van der Waals surface area contributed by atoms with Crippen molar-refractivity contribution in [2.45, 2.75) is 95.3 Å². The van der Waals surface area contributed by atoms with Crippen LogP contribution < -0.4 is 25.2 Å². The number of imide groups is 1. The first-order valence-electron chi connectivity index (χ1n) is 27.0. The van der Waals surface area contributed by atoms with Crippen LogP contribution >= 0.6 is 0 Å². The number of piperazine rings is 1. The van der Waals surface area contributed by atoms with Gasteiger partial charge in [0.2, 0.25) is 11.8 Å². The van der Waals surface area contributed by atoms with Crippen LogP contribution in [0.1, 0.15) is 92.1 Å². The summed E-state index contributed by atoms with van der Waals surface area (Å²) in [4.78, 5) is 62.8. The number of amides is 3. The van der Waals surface area contributed by atoms with Crippen LogP contribution in [0.25, 0.3) is 32.9 Å². The zero-order valence-corrected chi connectivity index (χ0v) is 42.1. The maximum Gasteiger partial charge on any atom is 0.319 e. The van der Waals surface area contributed by atoms with Crippen LogP contribution in [0.5, 0.6) is 11.8 Å². The van der Waals surface area contributed by atoms with Crippen molar-refractivity contribution in [3.05, 3.63) is 76.7 Å². The quantitative estimate of drug-likeness (QED) is 0.0890. The van der Waals surface area contributed by atoms with Gasteiger partial charge in [-0.05, 0) is 144 Å². The third-order valence-corrected chi connectivity index (χ3v) is 17.4. The number of phenolic OH excluding ortho intramolecular Hbond substituents is 1. The third-order valence-electron chi connectivity index (χ3n) is 17.4. The van der Waals surface area contributed by atoms with Gasteiger partial charge in [-0.25, -0.2) is 13.2 Å². The first-order valence-corrected chi connectivity index (χ1v) is 27.0. The minimum atomic E-state index is -0.737. The van der Waals surface area contributed by atoms with E-state index in [9.17, 15) is 23.9 Å². The van der Waals surface area contributed by atoms with Crippen LogP contribution in [0, 0.1) is 47.5 Å². The number of benzene rings is 3. The number of ether oxygens (including phenoxy) is 1. The number of fused-ring (bicyclic) bond motifs is 5. The zero-order valence-electron chi connectivity index (χ0n) is 42.1. The van der Waals surface area contributed by atoms with E-state index in [-0.39, 0.29) is 70.7 Å². The minimum Gasteiger partial charge on any atom is -0.508 e. The van der Waals surface area contributed by atoms with Crippen LogP contribution in [-0.2, 0) is 16.1 Å². The number of terminal acetylenes is 1. The van der Waals surface area contributed by atoms with Gasteiger partial charge in [0.15, 0.2) is 5.82 Å². The van der Waals surface area contributed by atoms with Crippen LogP contribution in [0.15, 0.2) is 42.6 Å². The molecule has 6 fully saturated rings. The molecular formula is C57H63F3N10O5. The molecule has 3 aromatic carbocycles. The average molecular weight is 1030 g/mol. The Morgan fingerprint density at radius 2 is 1.52 bits per heavy atom. The van der Waals surface area contributed by atoms with Crippen LogP contribution in [0.3, 0.4) is 0 Å². The number of aromatic hydroxyl groups is 1. The lowest BCUT2D eigenvalue weighted by molar-refractivity contribution is -0.136. The zero-order chi connectivity index (χ0) is 51.5. The molecule has 7 aliphatic rings. The van der Waals surface area contributed by atoms with Gasteiger partial charge in [0, 0.05) is 98.3 Å². The predicted molar refractivity (Wildman–Crippen MR) is 278 cm³/mol. The number of anilines is 2. The van der Waals surface area contributed by atoms with Crippen molar-refractivity contribution in [3.8, 4) is 35.4 Å². The molecule has 6 saturated heterocycles. The van der Waals surface area contributed by atoms with Crippen LogP contribution in [0.4, 0.5) is 24.7 Å². The van der Waals surface area contributed by atoms with E-state index in [4.69, 9.17) is 16.1 Å². The maximum atomic E-state index is 17.0. The van der Waals surface area contributed by atoms with Gasteiger partial charge >= 0.3 is 6.01 Å². The van der Waals surface area contributed by atoms with E-state index in [2.05, 4.69) is 46.1 Å². The number of pyridine rings is 1. The Balaban J connectivity index is 0.626. The lowest BCUT2D eigenvalue weighted by Crippen LogP contribution is -2.52. The molecule has 0 saturated carbocycles. The highest BCUT2D eigenvalue weighted by Crippen LogP contribution is 2.41. The van der Waals surface area contributed by atoms with Crippen molar-refractivity contribution in [1.82, 2.24) is 40.3 Å². The fourth-order valence-corrected chi connectivity index (χ4v) is 13.4. The number of piperidine rings is 4. The van der Waals surface area contributed by atoms with Crippen molar-refractivity contribution in [2.24, 2.45) is 17.8 Å². The smallest absolute Gasteiger partial charge is 0.319 e. The highest BCUT2D eigenvalue weighted by Gasteiger charge is 2.42. The molecule has 75 heavy (non-hydrogen) atoms. The number of nitrogens with one attached hydrogen (secondary N) is 2. The van der Waals surface area contributed by atoms with Gasteiger partial charge < -0.3 is 34.8 Å². The Bertz CT molecular complexity index is 3100. The van der Waals surface area contributed by atoms with Crippen molar-refractivity contribution in [3.63, 3.8) is 0 Å². The van der Waals surface area contributed by atoms with Crippen LogP contribution in [-0.4, -0.2) is 143 Å². The van der Waals surface area contributed by atoms with Gasteiger partial charge in [-0.15, -0.1) is 6.42 Å². The summed E-state index contributed by atoms with van der Waals surface area (Å²) >= 11 is 0. The number of aromatic nitrogens is 3. The minimum absolute atomic E-state index is 0.0303. The molecule has 9 heterocycles. The molecule has 3 N–H and O–H groups in total. The Morgan fingerprint density at radius 1 is 0.800 bits per heavy atom. The topological polar surface area (TPSA) is 160 Å². The van der Waals surface area contributed by atoms with Gasteiger partial charge in [-0.3, -0.25) is 29.6 Å². The SMILES string of the molecule is C#Cc1c(F)ccc2cc(O)cc(-c3ncc4c(N5CC6CCC(C5)N6)nc(OCCN5CCC(CC6CCN(CC7CCN(c8cc(F)cc9c8CN(C8CCC(=O)NC8=O)C9=O)CC7)CC6)CC5)nc4c3F)c12. The first-order chi connectivity index (χ1) is 36.4. The molecule has 0 aliphatic carbocycles. The summed E-state index contributed by atoms with van der Waals surface area (Å²) in [5, 5.41) is 17.9. The summed E-state index contributed by atoms with van der Waals surface area (Å²) in [7, 11) is 0. The molecule has 3 atom stereocenters. The molecule has 0 spiro atoms. The monoisotopic (exact) mass is 1020 g/mol. The second-order valence-electron chi connectivity index (χ2n) is 22.1. The number of rotatable bonds is 12. The van der Waals surface area contributed by atoms with Gasteiger partial charge in [0.25, 0.3) is 5.91 Å². The highest BCUT2D eigenvalue weighted by molar-refractivity contribution is 6.06. The summed E-state index contributed by atoms with van der Waals surface area (Å²) in [5.41, 5.74) is 1.86. The molecule has 3 amide bonds. The van der Waals surface area contributed by atoms with E-state index in [1.165, 1.54) is 60.6 Å². The maximum absolute atomic E-state index is 17.0. The molecule has 5 aromatic rings. The van der Waals surface area contributed by atoms with Crippen molar-refractivity contribution < 1.29 is 37.4 Å². The highest BCUT2D eigenvalue weighted by atomic mass is 19.1. The number of carbonyl (C=O) groups excluding carboxylic acids is 3. The second kappa shape index (κ2) is 20.5. The molecule has 18 heteroatoms.